The van der Waals surface area contributed by atoms with Crippen molar-refractivity contribution < 1.29 is 20.8 Å². The van der Waals surface area contributed by atoms with Crippen molar-refractivity contribution in [1.82, 2.24) is 0 Å². The number of hydrogen-bond donors (Lipinski definition) is 0. The van der Waals surface area contributed by atoms with Gasteiger partial charge in [0.05, 0.1) is 0 Å². The summed E-state index contributed by atoms with van der Waals surface area (Å²) in [5.41, 5.74) is 12.8. The molecule has 2 aliphatic rings. The molecule has 6 aromatic rings. The molecule has 0 aliphatic heterocycles. The van der Waals surface area contributed by atoms with Crippen LogP contribution in [-0.2, 0) is 44.5 Å². The Hall–Kier alpha value is -2.22. The van der Waals surface area contributed by atoms with Crippen molar-refractivity contribution in [2.75, 3.05) is 0 Å². The van der Waals surface area contributed by atoms with Crippen molar-refractivity contribution in [2.24, 2.45) is 10.8 Å². The Kier molecular flexibility index (Phi) is 17.8. The van der Waals surface area contributed by atoms with E-state index in [0.29, 0.717) is 10.8 Å². The first-order valence-corrected chi connectivity index (χ1v) is 31.1. The van der Waals surface area contributed by atoms with Crippen LogP contribution in [0.3, 0.4) is 0 Å². The predicted octanol–water partition coefficient (Wildman–Crippen LogP) is 18.2. The summed E-state index contributed by atoms with van der Waals surface area (Å²) in [5, 5.41) is 5.62. The molecule has 2 radical (unpaired) electrons. The van der Waals surface area contributed by atoms with E-state index in [1.807, 2.05) is 0 Å². The van der Waals surface area contributed by atoms with Gasteiger partial charge in [-0.15, -0.1) is 69.1 Å². The van der Waals surface area contributed by atoms with E-state index in [-0.39, 0.29) is 10.8 Å². The SMILES string of the molecule is CCC1(Cc2cc3c(-c4ccc(C(C)(C)C)cc4)cccc3[cH-]2)CCCC1.CCC1(Cc2cc3c(-c4ccc(C(C)(C)C)cc4)cccc3[cH-]2)CCCC1.C[Si]C.[Cl][Zr+2][Cl]. The number of halogens is 2. The first-order valence-electron chi connectivity index (χ1n) is 22.8. The molecule has 0 saturated heterocycles. The van der Waals surface area contributed by atoms with E-state index in [1.54, 1.807) is 0 Å². The molecule has 318 valence electrons. The zero-order valence-electron chi connectivity index (χ0n) is 38.6. The molecule has 0 bridgehead atoms. The van der Waals surface area contributed by atoms with Crippen molar-refractivity contribution in [2.45, 2.75) is 156 Å². The van der Waals surface area contributed by atoms with Gasteiger partial charge in [-0.05, 0) is 82.4 Å². The first-order chi connectivity index (χ1) is 28.6. The number of benzene rings is 4. The molecule has 4 heteroatoms. The fourth-order valence-electron chi connectivity index (χ4n) is 10.0. The zero-order chi connectivity index (χ0) is 43.6. The Balaban J connectivity index is 0.000000201. The van der Waals surface area contributed by atoms with Crippen LogP contribution in [0.2, 0.25) is 13.1 Å². The summed E-state index contributed by atoms with van der Waals surface area (Å²) in [5.74, 6) is 0. The van der Waals surface area contributed by atoms with E-state index in [2.05, 4.69) is 178 Å². The Morgan fingerprint density at radius 1 is 0.550 bits per heavy atom. The van der Waals surface area contributed by atoms with Gasteiger partial charge in [-0.3, -0.25) is 0 Å². The Morgan fingerprint density at radius 3 is 1.15 bits per heavy atom. The van der Waals surface area contributed by atoms with E-state index in [4.69, 9.17) is 17.0 Å². The summed E-state index contributed by atoms with van der Waals surface area (Å²) in [6, 6.07) is 41.7. The molecule has 60 heavy (non-hydrogen) atoms. The molecule has 0 N–H and O–H groups in total. The van der Waals surface area contributed by atoms with E-state index < -0.39 is 20.8 Å². The van der Waals surface area contributed by atoms with E-state index in [9.17, 15) is 0 Å². The summed E-state index contributed by atoms with van der Waals surface area (Å²) in [4.78, 5) is 0. The zero-order valence-corrected chi connectivity index (χ0v) is 43.6. The van der Waals surface area contributed by atoms with Crippen LogP contribution in [0.4, 0.5) is 0 Å². The average Bonchev–Trinajstić information content (AvgIpc) is 4.05. The van der Waals surface area contributed by atoms with Gasteiger partial charge in [-0.1, -0.05) is 179 Å². The van der Waals surface area contributed by atoms with Gasteiger partial charge in [0.2, 0.25) is 0 Å². The third kappa shape index (κ3) is 12.5. The molecule has 2 saturated carbocycles. The van der Waals surface area contributed by atoms with Gasteiger partial charge in [-0.25, -0.2) is 0 Å². The molecule has 0 unspecified atom stereocenters. The number of fused-ring (bicyclic) bond motifs is 2. The fraction of sp³-hybridized carbons (Fsp3) is 0.464. The normalized spacial score (nSPS) is 15.7. The third-order valence-corrected chi connectivity index (χ3v) is 13.7. The minimum atomic E-state index is -0.826. The molecule has 0 spiro atoms. The Labute approximate surface area is 386 Å². The molecular weight excluding hydrogens is 863 g/mol. The fourth-order valence-corrected chi connectivity index (χ4v) is 10.0. The van der Waals surface area contributed by atoms with Crippen LogP contribution in [-0.4, -0.2) is 9.52 Å². The van der Waals surface area contributed by atoms with Crippen molar-refractivity contribution in [1.29, 1.82) is 0 Å². The standard InChI is InChI=1S/2C27H33.C2H6Si.2ClH.Zr/c2*1-5-27(15-6-7-16-27)19-20-17-22-9-8-10-24(25(22)18-20)21-11-13-23(14-12-21)26(2,3)4;1-3-2;;;/h2*8-14,17-18H,5-7,15-16,19H2,1-4H3;1-2H3;2*1H;/q2*-1;;;;+4/p-2. The van der Waals surface area contributed by atoms with Gasteiger partial charge < -0.3 is 0 Å². The van der Waals surface area contributed by atoms with Crippen LogP contribution >= 0.6 is 17.0 Å². The monoisotopic (exact) mass is 932 g/mol. The number of hydrogen-bond acceptors (Lipinski definition) is 0. The van der Waals surface area contributed by atoms with Gasteiger partial charge in [0.1, 0.15) is 0 Å². The molecule has 0 aromatic heterocycles. The van der Waals surface area contributed by atoms with Gasteiger partial charge in [0.15, 0.2) is 0 Å². The summed E-state index contributed by atoms with van der Waals surface area (Å²) >= 11 is -0.826. The molecule has 6 aromatic carbocycles. The van der Waals surface area contributed by atoms with Gasteiger partial charge in [0.25, 0.3) is 0 Å². The van der Waals surface area contributed by atoms with Gasteiger partial charge >= 0.3 is 37.9 Å². The van der Waals surface area contributed by atoms with Gasteiger partial charge in [-0.2, -0.15) is 12.1 Å². The van der Waals surface area contributed by atoms with Crippen LogP contribution in [0.25, 0.3) is 43.8 Å². The topological polar surface area (TPSA) is 0 Å². The van der Waals surface area contributed by atoms with E-state index in [1.165, 1.54) is 143 Å². The second kappa shape index (κ2) is 21.9. The van der Waals surface area contributed by atoms with Crippen LogP contribution in [0.1, 0.15) is 142 Å². The van der Waals surface area contributed by atoms with E-state index >= 15 is 0 Å². The Bertz CT molecular complexity index is 2040. The summed E-state index contributed by atoms with van der Waals surface area (Å²) < 4.78 is 0. The first kappa shape index (κ1) is 48.8. The predicted molar refractivity (Wildman–Crippen MR) is 266 cm³/mol. The Morgan fingerprint density at radius 2 is 0.867 bits per heavy atom. The summed E-state index contributed by atoms with van der Waals surface area (Å²) in [7, 11) is 11.0. The van der Waals surface area contributed by atoms with Crippen LogP contribution in [0, 0.1) is 10.8 Å². The second-order valence-electron chi connectivity index (χ2n) is 20.0. The molecule has 2 fully saturated rings. The third-order valence-electron chi connectivity index (χ3n) is 13.7. The molecule has 0 heterocycles. The van der Waals surface area contributed by atoms with Crippen LogP contribution in [0.5, 0.6) is 0 Å². The maximum absolute atomic E-state index is 4.93. The number of rotatable bonds is 8. The van der Waals surface area contributed by atoms with Crippen molar-refractivity contribution >= 4 is 48.1 Å². The summed E-state index contributed by atoms with van der Waals surface area (Å²) in [6.45, 7) is 22.7. The van der Waals surface area contributed by atoms with Crippen molar-refractivity contribution in [3.63, 3.8) is 0 Å². The van der Waals surface area contributed by atoms with Gasteiger partial charge in [0, 0.05) is 9.52 Å². The summed E-state index contributed by atoms with van der Waals surface area (Å²) in [6.07, 6.45) is 16.4. The van der Waals surface area contributed by atoms with Crippen LogP contribution in [0.15, 0.2) is 109 Å². The van der Waals surface area contributed by atoms with E-state index in [0.717, 1.165) is 9.52 Å². The molecule has 0 nitrogen and oxygen atoms in total. The molecule has 0 atom stereocenters. The van der Waals surface area contributed by atoms with Crippen LogP contribution < -0.4 is 0 Å². The quantitative estimate of drug-likeness (QED) is 0.105. The van der Waals surface area contributed by atoms with Crippen molar-refractivity contribution in [3.05, 3.63) is 131 Å². The molecule has 0 amide bonds. The molecular formula is C56H72Cl2SiZr. The minimum absolute atomic E-state index is 0.202. The maximum atomic E-state index is 4.93. The molecule has 8 rings (SSSR count). The van der Waals surface area contributed by atoms with Crippen molar-refractivity contribution in [3.8, 4) is 22.3 Å². The molecule has 2 aliphatic carbocycles. The average molecular weight is 935 g/mol. The second-order valence-corrected chi connectivity index (χ2v) is 24.8.